The third kappa shape index (κ3) is 4.51. The van der Waals surface area contributed by atoms with Crippen molar-refractivity contribution in [1.29, 1.82) is 0 Å². The van der Waals surface area contributed by atoms with Gasteiger partial charge in [-0.05, 0) is 30.5 Å². The maximum Gasteiger partial charge on any atom is 0.119 e. The first-order valence-electron chi connectivity index (χ1n) is 7.23. The topological polar surface area (TPSA) is 38.7 Å². The van der Waals surface area contributed by atoms with Crippen LogP contribution in [0.1, 0.15) is 50.2 Å². The van der Waals surface area contributed by atoms with Crippen molar-refractivity contribution in [2.24, 2.45) is 0 Å². The molecule has 0 radical (unpaired) electrons. The molecule has 1 aliphatic carbocycles. The number of hydrogen-bond acceptors (Lipinski definition) is 3. The highest BCUT2D eigenvalue weighted by atomic mass is 16.5. The van der Waals surface area contributed by atoms with Crippen molar-refractivity contribution in [1.82, 2.24) is 0 Å². The highest BCUT2D eigenvalue weighted by Crippen LogP contribution is 2.23. The molecule has 1 atom stereocenters. The predicted octanol–water partition coefficient (Wildman–Crippen LogP) is 3.47. The first kappa shape index (κ1) is 14.4. The van der Waals surface area contributed by atoms with Crippen LogP contribution >= 0.6 is 0 Å². The quantitative estimate of drug-likeness (QED) is 0.828. The van der Waals surface area contributed by atoms with Gasteiger partial charge in [0.05, 0.1) is 19.8 Å². The fraction of sp³-hybridized carbons (Fsp3) is 0.625. The summed E-state index contributed by atoms with van der Waals surface area (Å²) in [6.45, 7) is 0.373. The van der Waals surface area contributed by atoms with E-state index < -0.39 is 6.10 Å². The standard InChI is InChI=1S/C16H24O3/c1-18-15-10-6-7-13(11-15)16(17)12-19-14-8-4-2-3-5-9-14/h6-7,10-11,14,16-17H,2-5,8-9,12H2,1H3. The van der Waals surface area contributed by atoms with Crippen molar-refractivity contribution in [2.45, 2.75) is 50.7 Å². The molecule has 0 aromatic heterocycles. The SMILES string of the molecule is COc1cccc(C(O)COC2CCCCCC2)c1. The van der Waals surface area contributed by atoms with E-state index in [4.69, 9.17) is 9.47 Å². The Labute approximate surface area is 115 Å². The van der Waals surface area contributed by atoms with Crippen molar-refractivity contribution >= 4 is 0 Å². The molecule has 2 rings (SSSR count). The highest BCUT2D eigenvalue weighted by Gasteiger charge is 2.15. The number of benzene rings is 1. The molecule has 1 unspecified atom stereocenters. The van der Waals surface area contributed by atoms with Crippen LogP contribution < -0.4 is 4.74 Å². The zero-order chi connectivity index (χ0) is 13.5. The molecule has 106 valence electrons. The average molecular weight is 264 g/mol. The fourth-order valence-electron chi connectivity index (χ4n) is 2.58. The summed E-state index contributed by atoms with van der Waals surface area (Å²) in [6.07, 6.45) is 7.15. The predicted molar refractivity (Wildman–Crippen MR) is 75.4 cm³/mol. The van der Waals surface area contributed by atoms with Crippen molar-refractivity contribution in [3.05, 3.63) is 29.8 Å². The van der Waals surface area contributed by atoms with Crippen molar-refractivity contribution in [3.8, 4) is 5.75 Å². The minimum atomic E-state index is -0.571. The van der Waals surface area contributed by atoms with Crippen LogP contribution in [0, 0.1) is 0 Å². The zero-order valence-electron chi connectivity index (χ0n) is 11.7. The number of hydrogen-bond donors (Lipinski definition) is 1. The number of rotatable bonds is 5. The number of aliphatic hydroxyl groups is 1. The first-order valence-corrected chi connectivity index (χ1v) is 7.23. The number of aliphatic hydroxyl groups excluding tert-OH is 1. The Bertz CT molecular complexity index is 370. The summed E-state index contributed by atoms with van der Waals surface area (Å²) in [5, 5.41) is 10.2. The van der Waals surface area contributed by atoms with Gasteiger partial charge in [0.1, 0.15) is 11.9 Å². The van der Waals surface area contributed by atoms with Gasteiger partial charge in [-0.3, -0.25) is 0 Å². The molecule has 0 aliphatic heterocycles. The molecule has 0 saturated heterocycles. The number of methoxy groups -OCH3 is 1. The van der Waals surface area contributed by atoms with Crippen LogP contribution in [-0.2, 0) is 4.74 Å². The summed E-state index contributed by atoms with van der Waals surface area (Å²) in [7, 11) is 1.63. The van der Waals surface area contributed by atoms with Gasteiger partial charge in [-0.1, -0.05) is 37.8 Å². The van der Waals surface area contributed by atoms with Crippen LogP contribution in [0.3, 0.4) is 0 Å². The second kappa shape index (κ2) is 7.51. The van der Waals surface area contributed by atoms with E-state index >= 15 is 0 Å². The lowest BCUT2D eigenvalue weighted by atomic mass is 10.1. The molecule has 1 N–H and O–H groups in total. The van der Waals surface area contributed by atoms with E-state index in [0.717, 1.165) is 24.2 Å². The Morgan fingerprint density at radius 1 is 1.21 bits per heavy atom. The van der Waals surface area contributed by atoms with Crippen LogP contribution in [0.25, 0.3) is 0 Å². The second-order valence-corrected chi connectivity index (χ2v) is 5.24. The van der Waals surface area contributed by atoms with Gasteiger partial charge in [-0.25, -0.2) is 0 Å². The van der Waals surface area contributed by atoms with Gasteiger partial charge < -0.3 is 14.6 Å². The molecule has 19 heavy (non-hydrogen) atoms. The maximum absolute atomic E-state index is 10.2. The van der Waals surface area contributed by atoms with E-state index in [9.17, 15) is 5.11 Å². The van der Waals surface area contributed by atoms with Gasteiger partial charge in [0, 0.05) is 0 Å². The normalized spacial score (nSPS) is 18.8. The smallest absolute Gasteiger partial charge is 0.119 e. The average Bonchev–Trinajstić information content (AvgIpc) is 2.73. The Balaban J connectivity index is 1.84. The molecule has 1 aliphatic rings. The van der Waals surface area contributed by atoms with E-state index in [1.165, 1.54) is 25.7 Å². The van der Waals surface area contributed by atoms with Crippen LogP contribution in [-0.4, -0.2) is 24.9 Å². The molecule has 1 saturated carbocycles. The van der Waals surface area contributed by atoms with E-state index in [0.29, 0.717) is 12.7 Å². The molecule has 0 bridgehead atoms. The monoisotopic (exact) mass is 264 g/mol. The summed E-state index contributed by atoms with van der Waals surface area (Å²) in [6, 6.07) is 7.54. The molecular weight excluding hydrogens is 240 g/mol. The molecule has 1 aromatic carbocycles. The van der Waals surface area contributed by atoms with Crippen LogP contribution in [0.4, 0.5) is 0 Å². The Morgan fingerprint density at radius 2 is 1.95 bits per heavy atom. The third-order valence-electron chi connectivity index (χ3n) is 3.77. The summed E-state index contributed by atoms with van der Waals surface area (Å²) < 4.78 is 11.0. The van der Waals surface area contributed by atoms with Crippen LogP contribution in [0.5, 0.6) is 5.75 Å². The molecule has 0 spiro atoms. The van der Waals surface area contributed by atoms with E-state index in [1.54, 1.807) is 7.11 Å². The van der Waals surface area contributed by atoms with Crippen LogP contribution in [0.15, 0.2) is 24.3 Å². The van der Waals surface area contributed by atoms with Gasteiger partial charge in [0.2, 0.25) is 0 Å². The number of ether oxygens (including phenoxy) is 2. The van der Waals surface area contributed by atoms with Crippen molar-refractivity contribution < 1.29 is 14.6 Å². The molecule has 0 amide bonds. The largest absolute Gasteiger partial charge is 0.497 e. The van der Waals surface area contributed by atoms with Gasteiger partial charge in [0.15, 0.2) is 0 Å². The minimum absolute atomic E-state index is 0.322. The second-order valence-electron chi connectivity index (χ2n) is 5.24. The molecule has 1 fully saturated rings. The Morgan fingerprint density at radius 3 is 2.63 bits per heavy atom. The molecule has 1 aromatic rings. The lowest BCUT2D eigenvalue weighted by Gasteiger charge is -2.18. The van der Waals surface area contributed by atoms with Crippen molar-refractivity contribution in [2.75, 3.05) is 13.7 Å². The van der Waals surface area contributed by atoms with Gasteiger partial charge in [-0.2, -0.15) is 0 Å². The minimum Gasteiger partial charge on any atom is -0.497 e. The van der Waals surface area contributed by atoms with E-state index in [-0.39, 0.29) is 0 Å². The summed E-state index contributed by atoms with van der Waals surface area (Å²) >= 11 is 0. The lowest BCUT2D eigenvalue weighted by Crippen LogP contribution is -2.16. The van der Waals surface area contributed by atoms with E-state index in [2.05, 4.69) is 0 Å². The van der Waals surface area contributed by atoms with Gasteiger partial charge in [0.25, 0.3) is 0 Å². The molecule has 3 nitrogen and oxygen atoms in total. The van der Waals surface area contributed by atoms with Crippen molar-refractivity contribution in [3.63, 3.8) is 0 Å². The summed E-state index contributed by atoms with van der Waals surface area (Å²) in [5.74, 6) is 0.769. The summed E-state index contributed by atoms with van der Waals surface area (Å²) in [4.78, 5) is 0. The fourth-order valence-corrected chi connectivity index (χ4v) is 2.58. The molecular formula is C16H24O3. The third-order valence-corrected chi connectivity index (χ3v) is 3.77. The lowest BCUT2D eigenvalue weighted by molar-refractivity contribution is -0.0160. The van der Waals surface area contributed by atoms with E-state index in [1.807, 2.05) is 24.3 Å². The first-order chi connectivity index (χ1) is 9.29. The zero-order valence-corrected chi connectivity index (χ0v) is 11.7. The Hall–Kier alpha value is -1.06. The summed E-state index contributed by atoms with van der Waals surface area (Å²) in [5.41, 5.74) is 0.855. The van der Waals surface area contributed by atoms with Crippen LogP contribution in [0.2, 0.25) is 0 Å². The van der Waals surface area contributed by atoms with Gasteiger partial charge >= 0.3 is 0 Å². The van der Waals surface area contributed by atoms with Gasteiger partial charge in [-0.15, -0.1) is 0 Å². The molecule has 0 heterocycles. The highest BCUT2D eigenvalue weighted by molar-refractivity contribution is 5.29. The maximum atomic E-state index is 10.2. The Kier molecular flexibility index (Phi) is 5.67. The molecule has 3 heteroatoms.